The Kier molecular flexibility index (Phi) is 28.8. The molecule has 0 unspecified atom stereocenters. The number of rotatable bonds is 0. The Morgan fingerprint density at radius 2 is 1.12 bits per heavy atom. The van der Waals surface area contributed by atoms with Gasteiger partial charge in [0.1, 0.15) is 0 Å². The van der Waals surface area contributed by atoms with Crippen molar-refractivity contribution in [1.29, 1.82) is 0 Å². The van der Waals surface area contributed by atoms with Crippen molar-refractivity contribution in [2.24, 2.45) is 0 Å². The van der Waals surface area contributed by atoms with Gasteiger partial charge in [0.05, 0.1) is 0 Å². The molecule has 8 heteroatoms. The van der Waals surface area contributed by atoms with Crippen LogP contribution in [-0.2, 0) is 38.3 Å². The van der Waals surface area contributed by atoms with Crippen molar-refractivity contribution in [3.05, 3.63) is 0 Å². The molecule has 0 heterocycles. The summed E-state index contributed by atoms with van der Waals surface area (Å²) >= 11 is -5.25. The molecule has 0 rings (SSSR count). The molecule has 0 spiro atoms. The van der Waals surface area contributed by atoms with Gasteiger partial charge >= 0.3 is 75.0 Å². The van der Waals surface area contributed by atoms with Crippen LogP contribution in [0.5, 0.6) is 0 Å². The summed E-state index contributed by atoms with van der Waals surface area (Å²) < 4.78 is 31.9. The predicted octanol–water partition coefficient (Wildman–Crippen LogP) is -2.27. The molecule has 0 atom stereocenters. The van der Waals surface area contributed by atoms with Crippen molar-refractivity contribution < 1.29 is 82.2 Å². The Bertz CT molecular complexity index is 99.2. The first kappa shape index (κ1) is 22.5. The van der Waals surface area contributed by atoms with Crippen molar-refractivity contribution in [3.8, 4) is 0 Å². The third-order valence-corrected chi connectivity index (χ3v) is 0. The molecule has 46 valence electrons. The normalized spacial score (nSPS) is 7.25. The maximum absolute atomic E-state index is 8.82. The third-order valence-electron chi connectivity index (χ3n) is 0. The summed E-state index contributed by atoms with van der Waals surface area (Å²) in [4.78, 5) is 0. The van der Waals surface area contributed by atoms with E-state index in [-0.39, 0.29) is 98.1 Å². The van der Waals surface area contributed by atoms with Crippen LogP contribution in [-0.4, -0.2) is 53.8 Å². The monoisotopic (exact) mass is 402 g/mol. The summed E-state index contributed by atoms with van der Waals surface area (Å²) in [5.74, 6) is 0. The van der Waals surface area contributed by atoms with Gasteiger partial charge in [0.25, 0.3) is 0 Å². The summed E-state index contributed by atoms with van der Waals surface area (Å²) in [7, 11) is 0. The fourth-order valence-electron chi connectivity index (χ4n) is 0. The van der Waals surface area contributed by atoms with Gasteiger partial charge in [-0.2, -0.15) is 0 Å². The zero-order valence-corrected chi connectivity index (χ0v) is 9.16. The van der Waals surface area contributed by atoms with Crippen LogP contribution in [0.4, 0.5) is 0 Å². The molecule has 0 amide bonds. The van der Waals surface area contributed by atoms with E-state index >= 15 is 0 Å². The topological polar surface area (TPSA) is 74.6 Å². The molecule has 0 aromatic rings. The van der Waals surface area contributed by atoms with Gasteiger partial charge in [-0.15, -0.1) is 0 Å². The summed E-state index contributed by atoms with van der Waals surface area (Å²) in [6.45, 7) is 0. The summed E-state index contributed by atoms with van der Waals surface area (Å²) in [5, 5.41) is 0. The molecule has 0 fully saturated rings. The Hall–Kier alpha value is 3.25. The first-order valence-electron chi connectivity index (χ1n) is 0.698. The van der Waals surface area contributed by atoms with Gasteiger partial charge < -0.3 is 0 Å². The van der Waals surface area contributed by atoms with Gasteiger partial charge in [0.15, 0.2) is 0 Å². The predicted molar refractivity (Wildman–Crippen MR) is 14.4 cm³/mol. The van der Waals surface area contributed by atoms with E-state index in [0.717, 1.165) is 0 Å². The first-order valence-corrected chi connectivity index (χ1v) is 2.88. The molecule has 2 radical (unpaired) electrons. The molecule has 0 saturated carbocycles. The van der Waals surface area contributed by atoms with Crippen molar-refractivity contribution in [3.63, 3.8) is 0 Å². The molecule has 0 aromatic carbocycles. The molecular weight excluding hydrogens is 397 g/mol. The minimum absolute atomic E-state index is 0. The van der Waals surface area contributed by atoms with E-state index < -0.39 is 13.6 Å². The van der Waals surface area contributed by atoms with E-state index in [0.29, 0.717) is 0 Å². The first-order chi connectivity index (χ1) is 2.00. The fraction of sp³-hybridized carbons (Fsp3) is 0. The van der Waals surface area contributed by atoms with Crippen LogP contribution in [0, 0.1) is 35.6 Å². The molecule has 0 saturated heterocycles. The molecule has 4 nitrogen and oxygen atoms in total. The molecular formula is H4CrLaMnO4Sr. The summed E-state index contributed by atoms with van der Waals surface area (Å²) in [6.07, 6.45) is 0. The fourth-order valence-corrected chi connectivity index (χ4v) is 0. The molecule has 0 aliphatic carbocycles. The molecule has 2 N–H and O–H groups in total. The van der Waals surface area contributed by atoms with Crippen molar-refractivity contribution in [2.75, 3.05) is 0 Å². The van der Waals surface area contributed by atoms with Crippen LogP contribution in [0.1, 0.15) is 0 Å². The molecule has 0 aliphatic rings. The van der Waals surface area contributed by atoms with E-state index in [1.807, 2.05) is 0 Å². The Balaban J connectivity index is -0.0000000267. The van der Waals surface area contributed by atoms with Crippen molar-refractivity contribution in [1.82, 2.24) is 0 Å². The average molecular weight is 401 g/mol. The van der Waals surface area contributed by atoms with E-state index in [2.05, 4.69) is 0 Å². The average Bonchev–Trinajstić information content (AvgIpc) is 0.722. The van der Waals surface area contributed by atoms with Crippen LogP contribution < -0.4 is 0 Å². The quantitative estimate of drug-likeness (QED) is 0.449. The van der Waals surface area contributed by atoms with E-state index in [1.165, 1.54) is 0 Å². The summed E-state index contributed by atoms with van der Waals surface area (Å²) in [5.41, 5.74) is 0. The Labute approximate surface area is 125 Å². The molecule has 0 aromatic heterocycles. The van der Waals surface area contributed by atoms with Crippen LogP contribution >= 0.6 is 0 Å². The van der Waals surface area contributed by atoms with Gasteiger partial charge in [0, 0.05) is 52.7 Å². The maximum atomic E-state index is 8.82. The number of hydrogen-bond acceptors (Lipinski definition) is 2. The third kappa shape index (κ3) is 59.6. The Morgan fingerprint density at radius 3 is 1.12 bits per heavy atom. The molecule has 8 heavy (non-hydrogen) atoms. The van der Waals surface area contributed by atoms with Crippen LogP contribution in [0.3, 0.4) is 0 Å². The van der Waals surface area contributed by atoms with Crippen molar-refractivity contribution in [2.45, 2.75) is 0 Å². The van der Waals surface area contributed by atoms with Gasteiger partial charge in [-0.05, 0) is 0 Å². The van der Waals surface area contributed by atoms with Crippen molar-refractivity contribution >= 4 is 45.5 Å². The second kappa shape index (κ2) is 10.2. The van der Waals surface area contributed by atoms with Crippen LogP contribution in [0.2, 0.25) is 0 Å². The van der Waals surface area contributed by atoms with E-state index in [9.17, 15) is 0 Å². The zero-order valence-electron chi connectivity index (χ0n) is 3.07. The van der Waals surface area contributed by atoms with Gasteiger partial charge in [-0.25, -0.2) is 0 Å². The Morgan fingerprint density at radius 1 is 1.12 bits per heavy atom. The van der Waals surface area contributed by atoms with Crippen LogP contribution in [0.25, 0.3) is 0 Å². The minimum atomic E-state index is -5.25. The SMILES string of the molecule is [La].[Mn].[O]=[Cr](=[O])([OH])[OH].[SrH2]. The van der Waals surface area contributed by atoms with Gasteiger partial charge in [-0.3, -0.25) is 0 Å². The van der Waals surface area contributed by atoms with Crippen LogP contribution in [0.15, 0.2) is 0 Å². The van der Waals surface area contributed by atoms with Gasteiger partial charge in [0.2, 0.25) is 0 Å². The van der Waals surface area contributed by atoms with Gasteiger partial charge in [-0.1, -0.05) is 0 Å². The standard InChI is InChI=1S/Cr.La.Mn.2H2O.2O.Sr.2H/h;;;2*1H2;;;;;/q+2;;;;;;;;;/p-2. The second-order valence-electron chi connectivity index (χ2n) is 0.448. The molecule has 0 aliphatic heterocycles. The summed E-state index contributed by atoms with van der Waals surface area (Å²) in [6, 6.07) is 0. The molecule has 0 bridgehead atoms. The zero-order chi connectivity index (χ0) is 4.50. The second-order valence-corrected chi connectivity index (χ2v) is 1.85. The van der Waals surface area contributed by atoms with E-state index in [1.54, 1.807) is 0 Å². The van der Waals surface area contributed by atoms with E-state index in [4.69, 9.17) is 15.9 Å². The number of hydrogen-bond donors (Lipinski definition) is 2.